The number of hydrogen-bond acceptors (Lipinski definition) is 4. The van der Waals surface area contributed by atoms with Gasteiger partial charge in [-0.15, -0.1) is 0 Å². The van der Waals surface area contributed by atoms with Crippen molar-refractivity contribution in [1.29, 1.82) is 0 Å². The van der Waals surface area contributed by atoms with E-state index in [9.17, 15) is 14.4 Å². The maximum atomic E-state index is 13.5. The number of carbonyl (C=O) groups is 3. The molecule has 1 aliphatic carbocycles. The van der Waals surface area contributed by atoms with E-state index >= 15 is 0 Å². The summed E-state index contributed by atoms with van der Waals surface area (Å²) in [5.74, 6) is -0.446. The van der Waals surface area contributed by atoms with Gasteiger partial charge in [0.25, 0.3) is 0 Å². The Labute approximate surface area is 190 Å². The molecule has 3 aliphatic rings. The molecule has 32 heavy (non-hydrogen) atoms. The summed E-state index contributed by atoms with van der Waals surface area (Å²) in [5, 5.41) is 9.64. The Balaban J connectivity index is 1.49. The predicted octanol–water partition coefficient (Wildman–Crippen LogP) is 2.41. The van der Waals surface area contributed by atoms with E-state index in [4.69, 9.17) is 0 Å². The molecule has 3 amide bonds. The Morgan fingerprint density at radius 2 is 1.88 bits per heavy atom. The maximum absolute atomic E-state index is 13.5. The molecule has 0 bridgehead atoms. The van der Waals surface area contributed by atoms with Gasteiger partial charge in [0.1, 0.15) is 12.1 Å². The Bertz CT molecular complexity index is 857. The second-order valence-electron chi connectivity index (χ2n) is 9.47. The van der Waals surface area contributed by atoms with Gasteiger partial charge in [0.05, 0.1) is 12.2 Å². The van der Waals surface area contributed by atoms with Gasteiger partial charge in [-0.25, -0.2) is 0 Å². The van der Waals surface area contributed by atoms with E-state index in [2.05, 4.69) is 28.1 Å². The van der Waals surface area contributed by atoms with Gasteiger partial charge in [-0.05, 0) is 69.0 Å². The van der Waals surface area contributed by atoms with Crippen LogP contribution in [-0.2, 0) is 20.8 Å². The lowest BCUT2D eigenvalue weighted by molar-refractivity contribution is -0.145. The van der Waals surface area contributed by atoms with Gasteiger partial charge in [0.2, 0.25) is 17.7 Å². The van der Waals surface area contributed by atoms with Gasteiger partial charge in [0.15, 0.2) is 0 Å². The minimum absolute atomic E-state index is 0.00906. The van der Waals surface area contributed by atoms with E-state index in [-0.39, 0.29) is 35.8 Å². The van der Waals surface area contributed by atoms with Crippen molar-refractivity contribution in [1.82, 2.24) is 20.9 Å². The summed E-state index contributed by atoms with van der Waals surface area (Å²) in [4.78, 5) is 41.1. The second kappa shape index (κ2) is 10.0. The van der Waals surface area contributed by atoms with Crippen molar-refractivity contribution in [2.24, 2.45) is 5.92 Å². The minimum Gasteiger partial charge on any atom is -0.347 e. The number of nitrogens with zero attached hydrogens (tertiary/aromatic N) is 1. The molecule has 5 atom stereocenters. The average Bonchev–Trinajstić information content (AvgIpc) is 3.22. The molecule has 2 saturated heterocycles. The van der Waals surface area contributed by atoms with Crippen molar-refractivity contribution in [3.05, 3.63) is 35.4 Å². The smallest absolute Gasteiger partial charge is 0.247 e. The summed E-state index contributed by atoms with van der Waals surface area (Å²) in [6.07, 6.45) is 6.36. The molecular weight excluding hydrogens is 404 g/mol. The highest BCUT2D eigenvalue weighted by atomic mass is 16.2. The molecule has 4 rings (SSSR count). The average molecular weight is 441 g/mol. The standard InChI is InChI=1S/C25H36N4O3/c1-3-16(2)23(30)28-20-12-7-15-26-22-14-13-21(29(22)25(20)32)24(31)27-19-11-6-9-17-8-4-5-10-18(17)19/h4-5,8,10,16,19-22,26H,3,6-7,9,11-15H2,1-2H3,(H,27,31)(H,28,30)/t16-,19?,20?,21?,22?/m1/s1. The molecule has 2 aliphatic heterocycles. The summed E-state index contributed by atoms with van der Waals surface area (Å²) >= 11 is 0. The predicted molar refractivity (Wildman–Crippen MR) is 123 cm³/mol. The van der Waals surface area contributed by atoms with E-state index in [1.54, 1.807) is 4.90 Å². The van der Waals surface area contributed by atoms with Crippen LogP contribution < -0.4 is 16.0 Å². The number of hydrogen-bond donors (Lipinski definition) is 3. The molecular formula is C25H36N4O3. The topological polar surface area (TPSA) is 90.5 Å². The fourth-order valence-electron chi connectivity index (χ4n) is 5.26. The number of fused-ring (bicyclic) bond motifs is 2. The van der Waals surface area contributed by atoms with E-state index in [0.29, 0.717) is 12.8 Å². The Morgan fingerprint density at radius 3 is 2.69 bits per heavy atom. The first-order valence-corrected chi connectivity index (χ1v) is 12.2. The molecule has 0 aromatic heterocycles. The minimum atomic E-state index is -0.565. The second-order valence-corrected chi connectivity index (χ2v) is 9.47. The highest BCUT2D eigenvalue weighted by molar-refractivity contribution is 5.93. The van der Waals surface area contributed by atoms with Gasteiger partial charge in [-0.1, -0.05) is 38.1 Å². The zero-order chi connectivity index (χ0) is 22.7. The van der Waals surface area contributed by atoms with Crippen LogP contribution in [0.3, 0.4) is 0 Å². The largest absolute Gasteiger partial charge is 0.347 e. The number of aryl methyl sites for hydroxylation is 1. The van der Waals surface area contributed by atoms with E-state index in [1.165, 1.54) is 11.1 Å². The van der Waals surface area contributed by atoms with Crippen LogP contribution in [0.2, 0.25) is 0 Å². The Morgan fingerprint density at radius 1 is 1.09 bits per heavy atom. The first-order chi connectivity index (χ1) is 15.5. The first-order valence-electron chi connectivity index (χ1n) is 12.2. The van der Waals surface area contributed by atoms with Crippen LogP contribution in [0.5, 0.6) is 0 Å². The van der Waals surface area contributed by atoms with Crippen LogP contribution in [-0.4, -0.2) is 47.4 Å². The highest BCUT2D eigenvalue weighted by Gasteiger charge is 2.44. The normalized spacial score (nSPS) is 28.7. The molecule has 1 aromatic rings. The zero-order valence-corrected chi connectivity index (χ0v) is 19.2. The molecule has 1 aromatic carbocycles. The monoisotopic (exact) mass is 440 g/mol. The molecule has 7 heteroatoms. The zero-order valence-electron chi connectivity index (χ0n) is 19.2. The highest BCUT2D eigenvalue weighted by Crippen LogP contribution is 2.31. The lowest BCUT2D eigenvalue weighted by Crippen LogP contribution is -2.60. The van der Waals surface area contributed by atoms with Crippen LogP contribution in [0, 0.1) is 5.92 Å². The van der Waals surface area contributed by atoms with Gasteiger partial charge in [-0.2, -0.15) is 0 Å². The lowest BCUT2D eigenvalue weighted by atomic mass is 9.87. The van der Waals surface area contributed by atoms with Crippen molar-refractivity contribution in [2.45, 2.75) is 89.5 Å². The van der Waals surface area contributed by atoms with Crippen molar-refractivity contribution in [2.75, 3.05) is 6.54 Å². The number of rotatable bonds is 5. The molecule has 2 heterocycles. The number of benzene rings is 1. The van der Waals surface area contributed by atoms with Crippen molar-refractivity contribution in [3.63, 3.8) is 0 Å². The van der Waals surface area contributed by atoms with Gasteiger partial charge in [0, 0.05) is 5.92 Å². The van der Waals surface area contributed by atoms with Crippen molar-refractivity contribution >= 4 is 17.7 Å². The summed E-state index contributed by atoms with van der Waals surface area (Å²) in [6.45, 7) is 4.62. The first kappa shape index (κ1) is 22.8. The lowest BCUT2D eigenvalue weighted by Gasteiger charge is -2.36. The van der Waals surface area contributed by atoms with Crippen molar-refractivity contribution < 1.29 is 14.4 Å². The van der Waals surface area contributed by atoms with Gasteiger partial charge in [-0.3, -0.25) is 19.7 Å². The molecule has 0 radical (unpaired) electrons. The third-order valence-corrected chi connectivity index (χ3v) is 7.35. The fourth-order valence-corrected chi connectivity index (χ4v) is 5.26. The van der Waals surface area contributed by atoms with Crippen LogP contribution in [0.4, 0.5) is 0 Å². The molecule has 2 fully saturated rings. The number of amides is 3. The summed E-state index contributed by atoms with van der Waals surface area (Å²) in [7, 11) is 0. The van der Waals surface area contributed by atoms with Gasteiger partial charge >= 0.3 is 0 Å². The van der Waals surface area contributed by atoms with Gasteiger partial charge < -0.3 is 15.5 Å². The van der Waals surface area contributed by atoms with Crippen LogP contribution in [0.25, 0.3) is 0 Å². The molecule has 174 valence electrons. The number of carbonyl (C=O) groups excluding carboxylic acids is 3. The summed E-state index contributed by atoms with van der Waals surface area (Å²) in [5.41, 5.74) is 2.49. The molecule has 0 saturated carbocycles. The van der Waals surface area contributed by atoms with E-state index in [1.807, 2.05) is 26.0 Å². The maximum Gasteiger partial charge on any atom is 0.247 e. The third kappa shape index (κ3) is 4.68. The molecule has 3 N–H and O–H groups in total. The SMILES string of the molecule is CC[C@@H](C)C(=O)NC1CCCNC2CCC(C(=O)NC3CCCc4ccccc43)N2C1=O. The van der Waals surface area contributed by atoms with E-state index in [0.717, 1.165) is 45.1 Å². The molecule has 4 unspecified atom stereocenters. The molecule has 0 spiro atoms. The Kier molecular flexibility index (Phi) is 7.13. The Hall–Kier alpha value is -2.41. The number of nitrogens with one attached hydrogen (secondary N) is 3. The van der Waals surface area contributed by atoms with Crippen LogP contribution in [0.15, 0.2) is 24.3 Å². The molecule has 7 nitrogen and oxygen atoms in total. The van der Waals surface area contributed by atoms with E-state index < -0.39 is 12.1 Å². The van der Waals surface area contributed by atoms with Crippen molar-refractivity contribution in [3.8, 4) is 0 Å². The van der Waals surface area contributed by atoms with Crippen LogP contribution in [0.1, 0.15) is 76.0 Å². The summed E-state index contributed by atoms with van der Waals surface area (Å²) < 4.78 is 0. The quantitative estimate of drug-likeness (QED) is 0.656. The fraction of sp³-hybridized carbons (Fsp3) is 0.640. The summed E-state index contributed by atoms with van der Waals surface area (Å²) in [6, 6.07) is 7.22. The third-order valence-electron chi connectivity index (χ3n) is 7.35. The van der Waals surface area contributed by atoms with Crippen LogP contribution >= 0.6 is 0 Å².